The molecule has 124 valence electrons. The predicted molar refractivity (Wildman–Crippen MR) is 91.6 cm³/mol. The molecule has 3 aromatic rings. The van der Waals surface area contributed by atoms with E-state index >= 15 is 0 Å². The van der Waals surface area contributed by atoms with E-state index < -0.39 is 0 Å². The van der Waals surface area contributed by atoms with Crippen molar-refractivity contribution >= 4 is 16.9 Å². The summed E-state index contributed by atoms with van der Waals surface area (Å²) in [6.45, 7) is 1.89. The second-order valence-electron chi connectivity index (χ2n) is 5.45. The van der Waals surface area contributed by atoms with E-state index in [1.54, 1.807) is 20.3 Å². The van der Waals surface area contributed by atoms with Crippen LogP contribution in [0.5, 0.6) is 11.5 Å². The number of furan rings is 1. The van der Waals surface area contributed by atoms with Crippen LogP contribution >= 0.6 is 0 Å². The van der Waals surface area contributed by atoms with Gasteiger partial charge in [0.25, 0.3) is 5.91 Å². The molecule has 3 rings (SSSR count). The molecular formula is C19H19NO4. The lowest BCUT2D eigenvalue weighted by molar-refractivity contribution is 0.0913. The van der Waals surface area contributed by atoms with Crippen molar-refractivity contribution in [1.29, 1.82) is 0 Å². The molecule has 1 heterocycles. The van der Waals surface area contributed by atoms with Gasteiger partial charge in [0.1, 0.15) is 17.1 Å². The Balaban J connectivity index is 1.83. The second kappa shape index (κ2) is 6.66. The molecule has 1 atom stereocenters. The summed E-state index contributed by atoms with van der Waals surface area (Å²) in [5.74, 6) is 1.40. The van der Waals surface area contributed by atoms with E-state index in [4.69, 9.17) is 13.9 Å². The van der Waals surface area contributed by atoms with Gasteiger partial charge in [0, 0.05) is 10.9 Å². The van der Waals surface area contributed by atoms with Crippen LogP contribution in [-0.2, 0) is 0 Å². The Hall–Kier alpha value is -2.95. The third-order valence-corrected chi connectivity index (χ3v) is 3.90. The molecule has 0 saturated heterocycles. The molecule has 1 aromatic heterocycles. The first kappa shape index (κ1) is 15.9. The third kappa shape index (κ3) is 3.06. The molecule has 0 aliphatic rings. The number of carbonyl (C=O) groups is 1. The van der Waals surface area contributed by atoms with Gasteiger partial charge in [-0.15, -0.1) is 0 Å². The maximum absolute atomic E-state index is 12.5. The van der Waals surface area contributed by atoms with Crippen LogP contribution in [-0.4, -0.2) is 20.1 Å². The molecule has 0 spiro atoms. The molecular weight excluding hydrogens is 306 g/mol. The van der Waals surface area contributed by atoms with Crippen LogP contribution in [0.25, 0.3) is 11.0 Å². The Morgan fingerprint density at radius 3 is 2.58 bits per heavy atom. The highest BCUT2D eigenvalue weighted by atomic mass is 16.5. The van der Waals surface area contributed by atoms with Gasteiger partial charge in [-0.25, -0.2) is 0 Å². The maximum Gasteiger partial charge on any atom is 0.287 e. The summed E-state index contributed by atoms with van der Waals surface area (Å²) in [7, 11) is 3.20. The largest absolute Gasteiger partial charge is 0.497 e. The summed E-state index contributed by atoms with van der Waals surface area (Å²) in [5, 5.41) is 3.83. The van der Waals surface area contributed by atoms with Crippen molar-refractivity contribution in [3.05, 3.63) is 59.9 Å². The lowest BCUT2D eigenvalue weighted by atomic mass is 10.1. The van der Waals surface area contributed by atoms with Crippen LogP contribution in [0.3, 0.4) is 0 Å². The molecule has 0 fully saturated rings. The van der Waals surface area contributed by atoms with Gasteiger partial charge in [0.05, 0.1) is 20.3 Å². The Morgan fingerprint density at radius 2 is 1.88 bits per heavy atom. The van der Waals surface area contributed by atoms with Gasteiger partial charge in [-0.1, -0.05) is 18.2 Å². The van der Waals surface area contributed by atoms with E-state index in [1.165, 1.54) is 0 Å². The van der Waals surface area contributed by atoms with Crippen molar-refractivity contribution in [2.24, 2.45) is 0 Å². The van der Waals surface area contributed by atoms with Gasteiger partial charge in [0.2, 0.25) is 0 Å². The van der Waals surface area contributed by atoms with Crippen molar-refractivity contribution in [2.45, 2.75) is 13.0 Å². The lowest BCUT2D eigenvalue weighted by Crippen LogP contribution is -2.26. The number of hydrogen-bond acceptors (Lipinski definition) is 4. The number of rotatable bonds is 5. The molecule has 1 amide bonds. The molecule has 0 aliphatic heterocycles. The number of fused-ring (bicyclic) bond motifs is 1. The number of ether oxygens (including phenoxy) is 2. The number of methoxy groups -OCH3 is 2. The molecule has 0 radical (unpaired) electrons. The standard InChI is InChI=1S/C19H19NO4/c1-12(15-11-14(22-2)8-9-17(15)23-3)20-19(21)18-10-13-6-4-5-7-16(13)24-18/h4-12H,1-3H3,(H,20,21). The number of hydrogen-bond donors (Lipinski definition) is 1. The molecule has 2 aromatic carbocycles. The van der Waals surface area contributed by atoms with Gasteiger partial charge in [-0.05, 0) is 37.3 Å². The van der Waals surface area contributed by atoms with Gasteiger partial charge in [0.15, 0.2) is 5.76 Å². The monoisotopic (exact) mass is 325 g/mol. The normalized spacial score (nSPS) is 12.0. The van der Waals surface area contributed by atoms with Crippen molar-refractivity contribution in [3.63, 3.8) is 0 Å². The van der Waals surface area contributed by atoms with E-state index in [9.17, 15) is 4.79 Å². The molecule has 1 N–H and O–H groups in total. The van der Waals surface area contributed by atoms with E-state index in [0.717, 1.165) is 10.9 Å². The number of carbonyl (C=O) groups excluding carboxylic acids is 1. The topological polar surface area (TPSA) is 60.7 Å². The molecule has 1 unspecified atom stereocenters. The zero-order valence-corrected chi connectivity index (χ0v) is 13.8. The number of para-hydroxylation sites is 1. The molecule has 5 nitrogen and oxygen atoms in total. The van der Waals surface area contributed by atoms with E-state index in [2.05, 4.69) is 5.32 Å². The minimum atomic E-state index is -0.274. The highest BCUT2D eigenvalue weighted by Gasteiger charge is 2.18. The average Bonchev–Trinajstić information content (AvgIpc) is 3.05. The van der Waals surface area contributed by atoms with E-state index in [1.807, 2.05) is 49.4 Å². The SMILES string of the molecule is COc1ccc(OC)c(C(C)NC(=O)c2cc3ccccc3o2)c1. The maximum atomic E-state index is 12.5. The Morgan fingerprint density at radius 1 is 1.08 bits per heavy atom. The van der Waals surface area contributed by atoms with E-state index in [0.29, 0.717) is 17.1 Å². The first-order valence-electron chi connectivity index (χ1n) is 7.63. The summed E-state index contributed by atoms with van der Waals surface area (Å²) in [5.41, 5.74) is 1.52. The fourth-order valence-corrected chi connectivity index (χ4v) is 2.62. The van der Waals surface area contributed by atoms with Crippen LogP contribution in [0.4, 0.5) is 0 Å². The molecule has 0 bridgehead atoms. The number of amides is 1. The van der Waals surface area contributed by atoms with Crippen molar-refractivity contribution < 1.29 is 18.7 Å². The van der Waals surface area contributed by atoms with Crippen molar-refractivity contribution in [3.8, 4) is 11.5 Å². The summed E-state index contributed by atoms with van der Waals surface area (Å²) in [6, 6.07) is 14.5. The van der Waals surface area contributed by atoms with Crippen LogP contribution in [0.2, 0.25) is 0 Å². The zero-order chi connectivity index (χ0) is 17.1. The van der Waals surface area contributed by atoms with Gasteiger partial charge in [-0.3, -0.25) is 4.79 Å². The van der Waals surface area contributed by atoms with Crippen molar-refractivity contribution in [2.75, 3.05) is 14.2 Å². The van der Waals surface area contributed by atoms with Gasteiger partial charge >= 0.3 is 0 Å². The number of benzene rings is 2. The summed E-state index contributed by atoms with van der Waals surface area (Å²) < 4.78 is 16.2. The smallest absolute Gasteiger partial charge is 0.287 e. The predicted octanol–water partition coefficient (Wildman–Crippen LogP) is 3.94. The van der Waals surface area contributed by atoms with Crippen LogP contribution < -0.4 is 14.8 Å². The minimum absolute atomic E-state index is 0.268. The fourth-order valence-electron chi connectivity index (χ4n) is 2.62. The molecule has 0 aliphatic carbocycles. The molecule has 24 heavy (non-hydrogen) atoms. The first-order valence-corrected chi connectivity index (χ1v) is 7.63. The highest BCUT2D eigenvalue weighted by Crippen LogP contribution is 2.29. The summed E-state index contributed by atoms with van der Waals surface area (Å²) in [4.78, 5) is 12.5. The summed E-state index contributed by atoms with van der Waals surface area (Å²) in [6.07, 6.45) is 0. The molecule has 5 heteroatoms. The highest BCUT2D eigenvalue weighted by molar-refractivity contribution is 5.96. The number of nitrogens with one attached hydrogen (secondary N) is 1. The average molecular weight is 325 g/mol. The third-order valence-electron chi connectivity index (χ3n) is 3.90. The van der Waals surface area contributed by atoms with Crippen LogP contribution in [0.1, 0.15) is 29.1 Å². The Bertz CT molecular complexity index is 836. The van der Waals surface area contributed by atoms with Crippen LogP contribution in [0.15, 0.2) is 52.9 Å². The zero-order valence-electron chi connectivity index (χ0n) is 13.8. The second-order valence-corrected chi connectivity index (χ2v) is 5.45. The summed E-state index contributed by atoms with van der Waals surface area (Å²) >= 11 is 0. The fraction of sp³-hybridized carbons (Fsp3) is 0.211. The Kier molecular flexibility index (Phi) is 4.42. The first-order chi connectivity index (χ1) is 11.6. The Labute approximate surface area is 140 Å². The van der Waals surface area contributed by atoms with E-state index in [-0.39, 0.29) is 17.7 Å². The lowest BCUT2D eigenvalue weighted by Gasteiger charge is -2.17. The molecule has 0 saturated carbocycles. The van der Waals surface area contributed by atoms with Crippen LogP contribution in [0, 0.1) is 0 Å². The quantitative estimate of drug-likeness (QED) is 0.772. The van der Waals surface area contributed by atoms with Crippen molar-refractivity contribution in [1.82, 2.24) is 5.32 Å². The van der Waals surface area contributed by atoms with Gasteiger partial charge < -0.3 is 19.2 Å². The minimum Gasteiger partial charge on any atom is -0.497 e. The van der Waals surface area contributed by atoms with Gasteiger partial charge in [-0.2, -0.15) is 0 Å².